The van der Waals surface area contributed by atoms with Crippen molar-refractivity contribution in [2.45, 2.75) is 77.4 Å². The van der Waals surface area contributed by atoms with Gasteiger partial charge in [0, 0.05) is 23.2 Å². The molecule has 0 aromatic rings. The molecule has 0 amide bonds. The number of aldehydes is 1. The Balaban J connectivity index is 2.12. The SMILES string of the molecule is C=C[C@]1(C)CC[C@]2(O1)[C@H](C)C(=O)C[C@@H]1[C@@](C)(C=O)CCC[C@]12C. The molecule has 1 aliphatic heterocycles. The highest BCUT2D eigenvalue weighted by Crippen LogP contribution is 2.66. The Morgan fingerprint density at radius 3 is 2.43 bits per heavy atom. The predicted molar refractivity (Wildman–Crippen MR) is 90.1 cm³/mol. The highest BCUT2D eigenvalue weighted by atomic mass is 16.5. The number of hydrogen-bond acceptors (Lipinski definition) is 3. The highest BCUT2D eigenvalue weighted by molar-refractivity contribution is 5.84. The summed E-state index contributed by atoms with van der Waals surface area (Å²) in [5, 5.41) is 0. The molecular formula is C20H30O3. The number of hydrogen-bond donors (Lipinski definition) is 0. The van der Waals surface area contributed by atoms with Crippen LogP contribution in [0, 0.1) is 22.7 Å². The van der Waals surface area contributed by atoms with E-state index in [2.05, 4.69) is 20.4 Å². The molecule has 0 radical (unpaired) electrons. The molecule has 128 valence electrons. The summed E-state index contributed by atoms with van der Waals surface area (Å²) in [4.78, 5) is 24.7. The molecule has 2 aliphatic carbocycles. The van der Waals surface area contributed by atoms with Crippen LogP contribution in [0.3, 0.4) is 0 Å². The van der Waals surface area contributed by atoms with Crippen LogP contribution in [-0.2, 0) is 14.3 Å². The van der Waals surface area contributed by atoms with E-state index in [0.717, 1.165) is 38.4 Å². The lowest BCUT2D eigenvalue weighted by atomic mass is 9.44. The van der Waals surface area contributed by atoms with Gasteiger partial charge >= 0.3 is 0 Å². The van der Waals surface area contributed by atoms with Gasteiger partial charge in [-0.15, -0.1) is 6.58 Å². The van der Waals surface area contributed by atoms with Crippen LogP contribution in [0.25, 0.3) is 0 Å². The van der Waals surface area contributed by atoms with Gasteiger partial charge < -0.3 is 9.53 Å². The first-order valence-electron chi connectivity index (χ1n) is 8.99. The summed E-state index contributed by atoms with van der Waals surface area (Å²) in [6, 6.07) is 0. The number of rotatable bonds is 2. The van der Waals surface area contributed by atoms with Crippen LogP contribution in [0.1, 0.15) is 66.2 Å². The minimum absolute atomic E-state index is 0.0807. The van der Waals surface area contributed by atoms with Crippen molar-refractivity contribution in [3.05, 3.63) is 12.7 Å². The van der Waals surface area contributed by atoms with Crippen LogP contribution in [-0.4, -0.2) is 23.3 Å². The fraction of sp³-hybridized carbons (Fsp3) is 0.800. The van der Waals surface area contributed by atoms with Crippen LogP contribution in [0.4, 0.5) is 0 Å². The van der Waals surface area contributed by atoms with E-state index in [1.54, 1.807) is 0 Å². The minimum atomic E-state index is -0.458. The summed E-state index contributed by atoms with van der Waals surface area (Å²) in [6.45, 7) is 12.4. The second-order valence-electron chi connectivity index (χ2n) is 8.85. The van der Waals surface area contributed by atoms with Crippen molar-refractivity contribution >= 4 is 12.1 Å². The fourth-order valence-corrected chi connectivity index (χ4v) is 5.95. The van der Waals surface area contributed by atoms with Crippen LogP contribution >= 0.6 is 0 Å². The first kappa shape index (κ1) is 16.9. The Morgan fingerprint density at radius 1 is 1.17 bits per heavy atom. The molecule has 1 saturated heterocycles. The summed E-state index contributed by atoms with van der Waals surface area (Å²) in [6.07, 6.45) is 8.22. The monoisotopic (exact) mass is 318 g/mol. The van der Waals surface area contributed by atoms with Gasteiger partial charge in [0.15, 0.2) is 0 Å². The van der Waals surface area contributed by atoms with Gasteiger partial charge in [-0.05, 0) is 38.5 Å². The van der Waals surface area contributed by atoms with Gasteiger partial charge in [-0.3, -0.25) is 4.79 Å². The summed E-state index contributed by atoms with van der Waals surface area (Å²) < 4.78 is 6.66. The summed E-state index contributed by atoms with van der Waals surface area (Å²) in [7, 11) is 0. The molecule has 3 aliphatic rings. The van der Waals surface area contributed by atoms with Crippen molar-refractivity contribution in [1.82, 2.24) is 0 Å². The lowest BCUT2D eigenvalue weighted by molar-refractivity contribution is -0.228. The normalized spacial score (nSPS) is 53.1. The summed E-state index contributed by atoms with van der Waals surface area (Å²) >= 11 is 0. The van der Waals surface area contributed by atoms with E-state index in [1.807, 2.05) is 19.9 Å². The Hall–Kier alpha value is -0.960. The molecule has 0 N–H and O–H groups in total. The Morgan fingerprint density at radius 2 is 1.87 bits per heavy atom. The lowest BCUT2D eigenvalue weighted by Gasteiger charge is -2.62. The molecule has 0 unspecified atom stereocenters. The molecule has 0 aromatic carbocycles. The van der Waals surface area contributed by atoms with E-state index in [1.165, 1.54) is 0 Å². The largest absolute Gasteiger partial charge is 0.363 e. The lowest BCUT2D eigenvalue weighted by Crippen LogP contribution is -2.65. The zero-order valence-corrected chi connectivity index (χ0v) is 15.0. The molecule has 3 fully saturated rings. The van der Waals surface area contributed by atoms with E-state index in [9.17, 15) is 9.59 Å². The van der Waals surface area contributed by atoms with Gasteiger partial charge in [0.2, 0.25) is 0 Å². The maximum Gasteiger partial charge on any atom is 0.138 e. The molecule has 3 heteroatoms. The number of ketones is 1. The first-order chi connectivity index (χ1) is 10.7. The van der Waals surface area contributed by atoms with Gasteiger partial charge in [-0.25, -0.2) is 0 Å². The quantitative estimate of drug-likeness (QED) is 0.568. The number of Topliss-reactive ketones (excluding diaryl/α,β-unsaturated/α-hetero) is 1. The third-order valence-electron chi connectivity index (χ3n) is 7.64. The standard InChI is InChI=1S/C20H30O3/c1-6-18(4)10-11-20(23-18)14(2)15(22)12-16-17(3,13-21)8-7-9-19(16,20)5/h6,13-14,16H,1,7-12H2,2-5H3/t14-,16-,17-,18-,19-,20+/m1/s1. The van der Waals surface area contributed by atoms with Gasteiger partial charge in [-0.2, -0.15) is 0 Å². The van der Waals surface area contributed by atoms with E-state index in [4.69, 9.17) is 4.74 Å². The molecule has 2 saturated carbocycles. The summed E-state index contributed by atoms with van der Waals surface area (Å²) in [5.41, 5.74) is -1.36. The van der Waals surface area contributed by atoms with E-state index in [0.29, 0.717) is 6.42 Å². The molecule has 1 spiro atoms. The van der Waals surface area contributed by atoms with Crippen molar-refractivity contribution in [2.75, 3.05) is 0 Å². The topological polar surface area (TPSA) is 43.4 Å². The third kappa shape index (κ3) is 2.05. The average Bonchev–Trinajstić information content (AvgIpc) is 2.89. The van der Waals surface area contributed by atoms with E-state index < -0.39 is 11.0 Å². The summed E-state index contributed by atoms with van der Waals surface area (Å²) in [5.74, 6) is 0.229. The highest BCUT2D eigenvalue weighted by Gasteiger charge is 2.68. The second-order valence-corrected chi connectivity index (χ2v) is 8.85. The zero-order valence-electron chi connectivity index (χ0n) is 15.0. The van der Waals surface area contributed by atoms with Crippen LogP contribution in [0.5, 0.6) is 0 Å². The molecule has 0 aromatic heterocycles. The Kier molecular flexibility index (Phi) is 3.68. The maximum atomic E-state index is 12.8. The van der Waals surface area contributed by atoms with Crippen LogP contribution in [0.15, 0.2) is 12.7 Å². The Labute approximate surface area is 139 Å². The van der Waals surface area contributed by atoms with E-state index >= 15 is 0 Å². The van der Waals surface area contributed by atoms with Crippen molar-refractivity contribution < 1.29 is 14.3 Å². The van der Waals surface area contributed by atoms with Crippen LogP contribution < -0.4 is 0 Å². The molecule has 1 heterocycles. The number of ether oxygens (including phenoxy) is 1. The van der Waals surface area contributed by atoms with Gasteiger partial charge in [0.1, 0.15) is 12.1 Å². The van der Waals surface area contributed by atoms with Crippen molar-refractivity contribution in [2.24, 2.45) is 22.7 Å². The van der Waals surface area contributed by atoms with Crippen LogP contribution in [0.2, 0.25) is 0 Å². The number of carbonyl (C=O) groups is 2. The van der Waals surface area contributed by atoms with Gasteiger partial charge in [0.05, 0.1) is 11.2 Å². The van der Waals surface area contributed by atoms with Crippen molar-refractivity contribution in [3.8, 4) is 0 Å². The molecular weight excluding hydrogens is 288 g/mol. The third-order valence-corrected chi connectivity index (χ3v) is 7.64. The predicted octanol–water partition coefficient (Wildman–Crippen LogP) is 4.10. The maximum absolute atomic E-state index is 12.8. The minimum Gasteiger partial charge on any atom is -0.363 e. The second kappa shape index (κ2) is 5.02. The number of fused-ring (bicyclic) bond motifs is 2. The molecule has 6 atom stereocenters. The van der Waals surface area contributed by atoms with Gasteiger partial charge in [-0.1, -0.05) is 33.3 Å². The van der Waals surface area contributed by atoms with Crippen molar-refractivity contribution in [3.63, 3.8) is 0 Å². The first-order valence-corrected chi connectivity index (χ1v) is 8.99. The fourth-order valence-electron chi connectivity index (χ4n) is 5.95. The zero-order chi connectivity index (χ0) is 17.1. The molecule has 3 rings (SSSR count). The Bertz CT molecular complexity index is 555. The average molecular weight is 318 g/mol. The molecule has 23 heavy (non-hydrogen) atoms. The molecule has 3 nitrogen and oxygen atoms in total. The molecule has 0 bridgehead atoms. The number of carbonyl (C=O) groups excluding carboxylic acids is 2. The van der Waals surface area contributed by atoms with Crippen molar-refractivity contribution in [1.29, 1.82) is 0 Å². The smallest absolute Gasteiger partial charge is 0.138 e. The van der Waals surface area contributed by atoms with E-state index in [-0.39, 0.29) is 28.6 Å². The van der Waals surface area contributed by atoms with Gasteiger partial charge in [0.25, 0.3) is 0 Å².